The first-order valence-corrected chi connectivity index (χ1v) is 3.99. The first-order valence-electron chi connectivity index (χ1n) is 3.99. The van der Waals surface area contributed by atoms with Crippen molar-refractivity contribution in [3.05, 3.63) is 36.0 Å². The summed E-state index contributed by atoms with van der Waals surface area (Å²) in [6.07, 6.45) is 3.33. The molecule has 0 saturated heterocycles. The van der Waals surface area contributed by atoms with Gasteiger partial charge in [0.2, 0.25) is 0 Å². The second-order valence-electron chi connectivity index (χ2n) is 4.07. The van der Waals surface area contributed by atoms with Crippen molar-refractivity contribution in [2.45, 2.75) is 27.2 Å². The average Bonchev–Trinajstić information content (AvgIpc) is 1.81. The molecule has 0 heteroatoms. The summed E-state index contributed by atoms with van der Waals surface area (Å²) >= 11 is 0. The van der Waals surface area contributed by atoms with Crippen LogP contribution in [0, 0.1) is 5.41 Å². The van der Waals surface area contributed by atoms with E-state index in [4.69, 9.17) is 0 Å². The Kier molecular flexibility index (Phi) is 1.79. The Bertz CT molecular complexity index is 239. The standard InChI is InChI=1S/C11H16/c1-8-6-11(4,5)7-9(2)10(8)3/h7H,1,3,6H2,2,4-5H3. The van der Waals surface area contributed by atoms with Crippen molar-refractivity contribution in [2.75, 3.05) is 0 Å². The molecule has 0 nitrogen and oxygen atoms in total. The molecule has 0 bridgehead atoms. The first-order chi connectivity index (χ1) is 4.92. The van der Waals surface area contributed by atoms with Crippen LogP contribution in [0.2, 0.25) is 0 Å². The Morgan fingerprint density at radius 1 is 1.36 bits per heavy atom. The third-order valence-corrected chi connectivity index (χ3v) is 2.18. The lowest BCUT2D eigenvalue weighted by atomic mass is 9.76. The van der Waals surface area contributed by atoms with Gasteiger partial charge >= 0.3 is 0 Å². The van der Waals surface area contributed by atoms with Gasteiger partial charge in [0.15, 0.2) is 0 Å². The zero-order valence-corrected chi connectivity index (χ0v) is 7.70. The molecule has 0 aromatic carbocycles. The maximum absolute atomic E-state index is 4.00. The molecule has 1 rings (SSSR count). The van der Waals surface area contributed by atoms with E-state index in [0.29, 0.717) is 0 Å². The largest absolute Gasteiger partial charge is 0.0952 e. The van der Waals surface area contributed by atoms with Crippen molar-refractivity contribution in [1.29, 1.82) is 0 Å². The molecule has 0 N–H and O–H groups in total. The summed E-state index contributed by atoms with van der Waals surface area (Å²) < 4.78 is 0. The van der Waals surface area contributed by atoms with Gasteiger partial charge < -0.3 is 0 Å². The fourth-order valence-electron chi connectivity index (χ4n) is 1.66. The molecule has 0 radical (unpaired) electrons. The zero-order chi connectivity index (χ0) is 8.65. The summed E-state index contributed by atoms with van der Waals surface area (Å²) in [4.78, 5) is 0. The Hall–Kier alpha value is -0.780. The molecule has 0 unspecified atom stereocenters. The molecule has 0 atom stereocenters. The van der Waals surface area contributed by atoms with Crippen LogP contribution < -0.4 is 0 Å². The van der Waals surface area contributed by atoms with Crippen molar-refractivity contribution < 1.29 is 0 Å². The van der Waals surface area contributed by atoms with Gasteiger partial charge in [0.05, 0.1) is 0 Å². The number of rotatable bonds is 0. The molecule has 0 spiro atoms. The van der Waals surface area contributed by atoms with E-state index in [2.05, 4.69) is 40.0 Å². The topological polar surface area (TPSA) is 0 Å². The smallest absolute Gasteiger partial charge is 0.0129 e. The lowest BCUT2D eigenvalue weighted by Gasteiger charge is -2.29. The van der Waals surface area contributed by atoms with Gasteiger partial charge in [0, 0.05) is 0 Å². The lowest BCUT2D eigenvalue weighted by Crippen LogP contribution is -2.15. The van der Waals surface area contributed by atoms with E-state index in [-0.39, 0.29) is 5.41 Å². The number of hydrogen-bond acceptors (Lipinski definition) is 0. The molecule has 0 saturated carbocycles. The normalized spacial score (nSPS) is 23.4. The predicted octanol–water partition coefficient (Wildman–Crippen LogP) is 3.48. The summed E-state index contributed by atoms with van der Waals surface area (Å²) in [5.74, 6) is 0. The zero-order valence-electron chi connectivity index (χ0n) is 7.70. The van der Waals surface area contributed by atoms with Crippen LogP contribution in [-0.2, 0) is 0 Å². The van der Waals surface area contributed by atoms with Crippen LogP contribution >= 0.6 is 0 Å². The predicted molar refractivity (Wildman–Crippen MR) is 50.4 cm³/mol. The van der Waals surface area contributed by atoms with Crippen molar-refractivity contribution >= 4 is 0 Å². The van der Waals surface area contributed by atoms with Crippen LogP contribution in [0.4, 0.5) is 0 Å². The summed E-state index contributed by atoms with van der Waals surface area (Å²) in [6, 6.07) is 0. The van der Waals surface area contributed by atoms with Crippen LogP contribution in [-0.4, -0.2) is 0 Å². The van der Waals surface area contributed by atoms with Crippen molar-refractivity contribution in [3.63, 3.8) is 0 Å². The molecule has 1 aliphatic carbocycles. The number of allylic oxidation sites excluding steroid dienone is 4. The van der Waals surface area contributed by atoms with Gasteiger partial charge in [0.1, 0.15) is 0 Å². The first kappa shape index (κ1) is 8.32. The molecule has 0 amide bonds. The molecule has 0 aromatic heterocycles. The van der Waals surface area contributed by atoms with Crippen LogP contribution in [0.3, 0.4) is 0 Å². The van der Waals surface area contributed by atoms with E-state index in [9.17, 15) is 0 Å². The fourth-order valence-corrected chi connectivity index (χ4v) is 1.66. The third-order valence-electron chi connectivity index (χ3n) is 2.18. The molecule has 0 fully saturated rings. The van der Waals surface area contributed by atoms with E-state index < -0.39 is 0 Å². The van der Waals surface area contributed by atoms with Crippen molar-refractivity contribution in [3.8, 4) is 0 Å². The van der Waals surface area contributed by atoms with E-state index in [1.807, 2.05) is 0 Å². The van der Waals surface area contributed by atoms with E-state index in [1.165, 1.54) is 11.1 Å². The highest BCUT2D eigenvalue weighted by molar-refractivity contribution is 5.46. The summed E-state index contributed by atoms with van der Waals surface area (Å²) in [5, 5.41) is 0. The van der Waals surface area contributed by atoms with Crippen LogP contribution in [0.1, 0.15) is 27.2 Å². The van der Waals surface area contributed by atoms with Gasteiger partial charge in [0.25, 0.3) is 0 Å². The maximum atomic E-state index is 4.00. The van der Waals surface area contributed by atoms with Crippen LogP contribution in [0.5, 0.6) is 0 Å². The second kappa shape index (κ2) is 2.37. The quantitative estimate of drug-likeness (QED) is 0.493. The lowest BCUT2D eigenvalue weighted by molar-refractivity contribution is 0.467. The highest BCUT2D eigenvalue weighted by atomic mass is 14.3. The van der Waals surface area contributed by atoms with Gasteiger partial charge in [-0.25, -0.2) is 0 Å². The Balaban J connectivity index is 3.04. The van der Waals surface area contributed by atoms with E-state index >= 15 is 0 Å². The summed E-state index contributed by atoms with van der Waals surface area (Å²) in [5.41, 5.74) is 3.88. The van der Waals surface area contributed by atoms with E-state index in [0.717, 1.165) is 12.0 Å². The maximum Gasteiger partial charge on any atom is -0.0129 e. The Morgan fingerprint density at radius 3 is 2.36 bits per heavy atom. The minimum Gasteiger partial charge on any atom is -0.0952 e. The van der Waals surface area contributed by atoms with Crippen molar-refractivity contribution in [1.82, 2.24) is 0 Å². The Labute approximate surface area is 69.3 Å². The third kappa shape index (κ3) is 1.62. The summed E-state index contributed by atoms with van der Waals surface area (Å²) in [6.45, 7) is 14.5. The molecular formula is C11H16. The highest BCUT2D eigenvalue weighted by Gasteiger charge is 2.22. The van der Waals surface area contributed by atoms with Crippen LogP contribution in [0.25, 0.3) is 0 Å². The van der Waals surface area contributed by atoms with Gasteiger partial charge in [-0.1, -0.05) is 33.1 Å². The van der Waals surface area contributed by atoms with Crippen molar-refractivity contribution in [2.24, 2.45) is 5.41 Å². The number of hydrogen-bond donors (Lipinski definition) is 0. The molecule has 0 heterocycles. The van der Waals surface area contributed by atoms with Gasteiger partial charge in [-0.05, 0) is 35.5 Å². The SMILES string of the molecule is C=C1CC(C)(C)C=C(C)C1=C. The van der Waals surface area contributed by atoms with E-state index in [1.54, 1.807) is 0 Å². The average molecular weight is 148 g/mol. The minimum atomic E-state index is 0.280. The van der Waals surface area contributed by atoms with Gasteiger partial charge in [-0.3, -0.25) is 0 Å². The highest BCUT2D eigenvalue weighted by Crippen LogP contribution is 2.37. The molecule has 0 aromatic rings. The monoisotopic (exact) mass is 148 g/mol. The molecule has 11 heavy (non-hydrogen) atoms. The second-order valence-corrected chi connectivity index (χ2v) is 4.07. The van der Waals surface area contributed by atoms with Gasteiger partial charge in [-0.15, -0.1) is 0 Å². The molecular weight excluding hydrogens is 132 g/mol. The molecule has 1 aliphatic rings. The van der Waals surface area contributed by atoms with Gasteiger partial charge in [-0.2, -0.15) is 0 Å². The molecule has 60 valence electrons. The van der Waals surface area contributed by atoms with Crippen LogP contribution in [0.15, 0.2) is 36.0 Å². The fraction of sp³-hybridized carbons (Fsp3) is 0.455. The Morgan fingerprint density at radius 2 is 1.91 bits per heavy atom. The summed E-state index contributed by atoms with van der Waals surface area (Å²) in [7, 11) is 0. The minimum absolute atomic E-state index is 0.280. The molecule has 0 aliphatic heterocycles.